The van der Waals surface area contributed by atoms with Crippen LogP contribution in [-0.4, -0.2) is 20.6 Å². The average Bonchev–Trinajstić information content (AvgIpc) is 2.79. The van der Waals surface area contributed by atoms with Gasteiger partial charge in [0.1, 0.15) is 0 Å². The third-order valence-electron chi connectivity index (χ3n) is 3.09. The maximum atomic E-state index is 11.3. The Bertz CT molecular complexity index is 732. The Hall–Kier alpha value is -2.62. The van der Waals surface area contributed by atoms with Gasteiger partial charge in [-0.2, -0.15) is 0 Å². The number of nitrogens with zero attached hydrogens (tertiary/aromatic N) is 2. The molecule has 0 amide bonds. The zero-order valence-corrected chi connectivity index (χ0v) is 10.2. The lowest BCUT2D eigenvalue weighted by atomic mass is 10.2. The number of carbonyl (C=O) groups is 1. The second kappa shape index (κ2) is 4.57. The summed E-state index contributed by atoms with van der Waals surface area (Å²) in [4.78, 5) is 15.3. The molecule has 4 heteroatoms. The van der Waals surface area contributed by atoms with E-state index in [0.717, 1.165) is 16.5 Å². The quantitative estimate of drug-likeness (QED) is 0.779. The molecular weight excluding hydrogens is 240 g/mol. The number of hydrogen-bond donors (Lipinski definition) is 1. The molecule has 0 unspecified atom stereocenters. The molecule has 1 aromatic carbocycles. The minimum absolute atomic E-state index is 0.333. The zero-order valence-electron chi connectivity index (χ0n) is 10.2. The maximum Gasteiger partial charge on any atom is 0.337 e. The summed E-state index contributed by atoms with van der Waals surface area (Å²) in [5.74, 6) is -0.902. The highest BCUT2D eigenvalue weighted by atomic mass is 16.4. The smallest absolute Gasteiger partial charge is 0.337 e. The normalized spacial score (nSPS) is 10.7. The third kappa shape index (κ3) is 2.08. The molecule has 0 aliphatic carbocycles. The number of aromatic carboxylic acids is 1. The first kappa shape index (κ1) is 11.5. The summed E-state index contributed by atoms with van der Waals surface area (Å²) in [5, 5.41) is 10.00. The van der Waals surface area contributed by atoms with Crippen molar-refractivity contribution in [1.82, 2.24) is 9.55 Å². The summed E-state index contributed by atoms with van der Waals surface area (Å²) >= 11 is 0. The summed E-state index contributed by atoms with van der Waals surface area (Å²) in [6.45, 7) is 0.613. The van der Waals surface area contributed by atoms with Crippen LogP contribution in [0.3, 0.4) is 0 Å². The van der Waals surface area contributed by atoms with Gasteiger partial charge in [-0.15, -0.1) is 0 Å². The van der Waals surface area contributed by atoms with Gasteiger partial charge in [-0.25, -0.2) is 4.79 Å². The highest BCUT2D eigenvalue weighted by molar-refractivity contribution is 6.03. The topological polar surface area (TPSA) is 55.1 Å². The second-order valence-corrected chi connectivity index (χ2v) is 4.35. The van der Waals surface area contributed by atoms with Gasteiger partial charge in [-0.1, -0.05) is 24.3 Å². The number of aromatic nitrogens is 2. The zero-order chi connectivity index (χ0) is 13.2. The Labute approximate surface area is 109 Å². The van der Waals surface area contributed by atoms with Crippen LogP contribution in [0.5, 0.6) is 0 Å². The fraction of sp³-hybridized carbons (Fsp3) is 0.0667. The van der Waals surface area contributed by atoms with Gasteiger partial charge in [-0.3, -0.25) is 4.98 Å². The molecule has 0 spiro atoms. The number of carboxylic acid groups (broad SMARTS) is 1. The largest absolute Gasteiger partial charge is 0.478 e. The van der Waals surface area contributed by atoms with Crippen LogP contribution < -0.4 is 0 Å². The maximum absolute atomic E-state index is 11.3. The van der Waals surface area contributed by atoms with Crippen molar-refractivity contribution in [2.75, 3.05) is 0 Å². The van der Waals surface area contributed by atoms with Crippen molar-refractivity contribution in [3.8, 4) is 0 Å². The predicted octanol–water partition coefficient (Wildman–Crippen LogP) is 2.78. The van der Waals surface area contributed by atoms with E-state index >= 15 is 0 Å². The standard InChI is InChI=1S/C15H12N2O2/c18-15(19)13-10-17(9-11-4-3-7-16-8-11)14-6-2-1-5-12(13)14/h1-8,10H,9H2,(H,18,19). The summed E-state index contributed by atoms with van der Waals surface area (Å²) in [6, 6.07) is 11.4. The third-order valence-corrected chi connectivity index (χ3v) is 3.09. The van der Waals surface area contributed by atoms with Crippen LogP contribution in [0.2, 0.25) is 0 Å². The SMILES string of the molecule is O=C(O)c1cn(Cc2cccnc2)c2ccccc12. The van der Waals surface area contributed by atoms with Crippen molar-refractivity contribution in [2.24, 2.45) is 0 Å². The van der Waals surface area contributed by atoms with Crippen molar-refractivity contribution >= 4 is 16.9 Å². The lowest BCUT2D eigenvalue weighted by molar-refractivity contribution is 0.0699. The summed E-state index contributed by atoms with van der Waals surface area (Å²) in [5.41, 5.74) is 2.29. The molecule has 3 aromatic rings. The lowest BCUT2D eigenvalue weighted by Gasteiger charge is -2.04. The van der Waals surface area contributed by atoms with Gasteiger partial charge >= 0.3 is 5.97 Å². The van der Waals surface area contributed by atoms with Crippen LogP contribution in [0, 0.1) is 0 Å². The van der Waals surface area contributed by atoms with E-state index in [2.05, 4.69) is 4.98 Å². The van der Waals surface area contributed by atoms with Gasteiger partial charge in [0.25, 0.3) is 0 Å². The van der Waals surface area contributed by atoms with Gasteiger partial charge < -0.3 is 9.67 Å². The molecule has 0 radical (unpaired) electrons. The van der Waals surface area contributed by atoms with Crippen LogP contribution in [0.25, 0.3) is 10.9 Å². The molecule has 19 heavy (non-hydrogen) atoms. The lowest BCUT2D eigenvalue weighted by Crippen LogP contribution is -1.99. The monoisotopic (exact) mass is 252 g/mol. The van der Waals surface area contributed by atoms with Crippen LogP contribution >= 0.6 is 0 Å². The number of benzene rings is 1. The first-order valence-corrected chi connectivity index (χ1v) is 5.96. The summed E-state index contributed by atoms with van der Waals surface area (Å²) in [7, 11) is 0. The molecule has 1 N–H and O–H groups in total. The Balaban J connectivity index is 2.11. The fourth-order valence-electron chi connectivity index (χ4n) is 2.24. The molecule has 2 heterocycles. The highest BCUT2D eigenvalue weighted by Gasteiger charge is 2.13. The molecule has 2 aromatic heterocycles. The highest BCUT2D eigenvalue weighted by Crippen LogP contribution is 2.22. The van der Waals surface area contributed by atoms with Crippen LogP contribution in [0.15, 0.2) is 55.0 Å². The van der Waals surface area contributed by atoms with Crippen molar-refractivity contribution < 1.29 is 9.90 Å². The average molecular weight is 252 g/mol. The van der Waals surface area contributed by atoms with Crippen LogP contribution in [0.1, 0.15) is 15.9 Å². The molecule has 0 aliphatic rings. The Kier molecular flexibility index (Phi) is 2.76. The van der Waals surface area contributed by atoms with Gasteiger partial charge in [0.15, 0.2) is 0 Å². The van der Waals surface area contributed by atoms with Gasteiger partial charge in [0.05, 0.1) is 5.56 Å². The number of para-hydroxylation sites is 1. The van der Waals surface area contributed by atoms with Crippen molar-refractivity contribution in [3.63, 3.8) is 0 Å². The Morgan fingerprint density at radius 2 is 2.05 bits per heavy atom. The number of hydrogen-bond acceptors (Lipinski definition) is 2. The molecule has 94 valence electrons. The fourth-order valence-corrected chi connectivity index (χ4v) is 2.24. The van der Waals surface area contributed by atoms with E-state index in [0.29, 0.717) is 12.1 Å². The van der Waals surface area contributed by atoms with E-state index in [4.69, 9.17) is 0 Å². The second-order valence-electron chi connectivity index (χ2n) is 4.35. The molecule has 4 nitrogen and oxygen atoms in total. The van der Waals surface area contributed by atoms with Crippen LogP contribution in [0.4, 0.5) is 0 Å². The minimum atomic E-state index is -0.902. The number of fused-ring (bicyclic) bond motifs is 1. The number of pyridine rings is 1. The Morgan fingerprint density at radius 1 is 1.21 bits per heavy atom. The Morgan fingerprint density at radius 3 is 2.79 bits per heavy atom. The van der Waals surface area contributed by atoms with E-state index < -0.39 is 5.97 Å². The molecule has 0 fully saturated rings. The predicted molar refractivity (Wildman–Crippen MR) is 72.2 cm³/mol. The first-order chi connectivity index (χ1) is 9.25. The molecule has 0 saturated heterocycles. The minimum Gasteiger partial charge on any atom is -0.478 e. The van der Waals surface area contributed by atoms with E-state index in [1.54, 1.807) is 18.6 Å². The van der Waals surface area contributed by atoms with Crippen LogP contribution in [-0.2, 0) is 6.54 Å². The summed E-state index contributed by atoms with van der Waals surface area (Å²) in [6.07, 6.45) is 5.19. The molecule has 0 saturated carbocycles. The summed E-state index contributed by atoms with van der Waals surface area (Å²) < 4.78 is 1.94. The van der Waals surface area contributed by atoms with E-state index in [-0.39, 0.29) is 0 Å². The molecule has 0 bridgehead atoms. The van der Waals surface area contributed by atoms with Crippen molar-refractivity contribution in [1.29, 1.82) is 0 Å². The van der Waals surface area contributed by atoms with Gasteiger partial charge in [0.2, 0.25) is 0 Å². The number of carboxylic acids is 1. The molecule has 0 aliphatic heterocycles. The van der Waals surface area contributed by atoms with Gasteiger partial charge in [0, 0.05) is 36.0 Å². The molecule has 0 atom stereocenters. The van der Waals surface area contributed by atoms with Crippen molar-refractivity contribution in [2.45, 2.75) is 6.54 Å². The first-order valence-electron chi connectivity index (χ1n) is 5.96. The van der Waals surface area contributed by atoms with Crippen molar-refractivity contribution in [3.05, 3.63) is 66.1 Å². The molecule has 3 rings (SSSR count). The van der Waals surface area contributed by atoms with E-state index in [9.17, 15) is 9.90 Å². The number of rotatable bonds is 3. The molecular formula is C15H12N2O2. The van der Waals surface area contributed by atoms with E-state index in [1.165, 1.54) is 0 Å². The van der Waals surface area contributed by atoms with E-state index in [1.807, 2.05) is 41.0 Å². The van der Waals surface area contributed by atoms with Gasteiger partial charge in [-0.05, 0) is 17.7 Å².